The molecule has 0 radical (unpaired) electrons. The number of piperidine rings is 1. The normalized spacial score (nSPS) is 21.9. The van der Waals surface area contributed by atoms with Crippen LogP contribution in [0.3, 0.4) is 0 Å². The van der Waals surface area contributed by atoms with E-state index in [2.05, 4.69) is 4.98 Å². The SMILES string of the molecule is NC[C@@H]1CCCN(S(=O)(=O)Cc2ccccn2)C1. The predicted molar refractivity (Wildman–Crippen MR) is 70.2 cm³/mol. The van der Waals surface area contributed by atoms with Crippen molar-refractivity contribution in [1.82, 2.24) is 9.29 Å². The van der Waals surface area contributed by atoms with Crippen molar-refractivity contribution in [3.63, 3.8) is 0 Å². The number of hydrogen-bond donors (Lipinski definition) is 1. The van der Waals surface area contributed by atoms with Crippen LogP contribution in [0.2, 0.25) is 0 Å². The van der Waals surface area contributed by atoms with E-state index in [0.717, 1.165) is 12.8 Å². The molecule has 5 nitrogen and oxygen atoms in total. The first-order valence-corrected chi connectivity index (χ1v) is 7.80. The zero-order valence-corrected chi connectivity index (χ0v) is 11.1. The Morgan fingerprint density at radius 3 is 2.94 bits per heavy atom. The molecule has 0 saturated carbocycles. The second-order valence-corrected chi connectivity index (χ2v) is 6.65. The lowest BCUT2D eigenvalue weighted by molar-refractivity contribution is 0.271. The molecule has 0 amide bonds. The van der Waals surface area contributed by atoms with Gasteiger partial charge in [-0.05, 0) is 37.4 Å². The topological polar surface area (TPSA) is 76.3 Å². The van der Waals surface area contributed by atoms with E-state index >= 15 is 0 Å². The molecule has 1 atom stereocenters. The summed E-state index contributed by atoms with van der Waals surface area (Å²) in [4.78, 5) is 4.07. The summed E-state index contributed by atoms with van der Waals surface area (Å²) in [6.07, 6.45) is 3.53. The molecule has 1 aliphatic heterocycles. The zero-order chi connectivity index (χ0) is 13.0. The third kappa shape index (κ3) is 3.28. The second kappa shape index (κ2) is 5.77. The number of nitrogens with two attached hydrogens (primary N) is 1. The van der Waals surface area contributed by atoms with Crippen molar-refractivity contribution in [1.29, 1.82) is 0 Å². The maximum Gasteiger partial charge on any atom is 0.219 e. The summed E-state index contributed by atoms with van der Waals surface area (Å²) in [6, 6.07) is 5.32. The van der Waals surface area contributed by atoms with Crippen LogP contribution in [0.5, 0.6) is 0 Å². The van der Waals surface area contributed by atoms with Crippen LogP contribution in [0.4, 0.5) is 0 Å². The van der Waals surface area contributed by atoms with Crippen molar-refractivity contribution in [2.45, 2.75) is 18.6 Å². The molecule has 0 unspecified atom stereocenters. The van der Waals surface area contributed by atoms with Crippen LogP contribution in [0, 0.1) is 5.92 Å². The van der Waals surface area contributed by atoms with E-state index in [1.807, 2.05) is 0 Å². The van der Waals surface area contributed by atoms with Crippen LogP contribution in [0.15, 0.2) is 24.4 Å². The van der Waals surface area contributed by atoms with Crippen LogP contribution in [0.25, 0.3) is 0 Å². The Labute approximate surface area is 108 Å². The van der Waals surface area contributed by atoms with Crippen molar-refractivity contribution in [2.75, 3.05) is 19.6 Å². The Balaban J connectivity index is 2.06. The quantitative estimate of drug-likeness (QED) is 0.867. The molecular weight excluding hydrogens is 250 g/mol. The third-order valence-corrected chi connectivity index (χ3v) is 5.04. The fourth-order valence-corrected chi connectivity index (χ4v) is 3.81. The van der Waals surface area contributed by atoms with E-state index in [9.17, 15) is 8.42 Å². The molecule has 2 N–H and O–H groups in total. The molecule has 1 aliphatic rings. The van der Waals surface area contributed by atoms with Gasteiger partial charge in [0.2, 0.25) is 10.0 Å². The van der Waals surface area contributed by atoms with Crippen molar-refractivity contribution in [2.24, 2.45) is 11.7 Å². The van der Waals surface area contributed by atoms with E-state index in [1.165, 1.54) is 0 Å². The number of hydrogen-bond acceptors (Lipinski definition) is 4. The van der Waals surface area contributed by atoms with Gasteiger partial charge in [0, 0.05) is 19.3 Å². The van der Waals surface area contributed by atoms with Crippen molar-refractivity contribution < 1.29 is 8.42 Å². The molecule has 6 heteroatoms. The van der Waals surface area contributed by atoms with Crippen LogP contribution < -0.4 is 5.73 Å². The number of rotatable bonds is 4. The molecule has 1 fully saturated rings. The first-order chi connectivity index (χ1) is 8.62. The van der Waals surface area contributed by atoms with E-state index < -0.39 is 10.0 Å². The lowest BCUT2D eigenvalue weighted by atomic mass is 10.0. The van der Waals surface area contributed by atoms with E-state index in [-0.39, 0.29) is 11.7 Å². The monoisotopic (exact) mass is 269 g/mol. The van der Waals surface area contributed by atoms with Crippen LogP contribution in [-0.2, 0) is 15.8 Å². The van der Waals surface area contributed by atoms with Crippen molar-refractivity contribution in [3.05, 3.63) is 30.1 Å². The van der Waals surface area contributed by atoms with E-state index in [0.29, 0.717) is 25.3 Å². The van der Waals surface area contributed by atoms with Crippen LogP contribution in [0.1, 0.15) is 18.5 Å². The summed E-state index contributed by atoms with van der Waals surface area (Å²) in [7, 11) is -3.26. The van der Waals surface area contributed by atoms with Crippen LogP contribution >= 0.6 is 0 Å². The van der Waals surface area contributed by atoms with Gasteiger partial charge in [-0.25, -0.2) is 12.7 Å². The minimum absolute atomic E-state index is 0.0227. The summed E-state index contributed by atoms with van der Waals surface area (Å²) in [5.41, 5.74) is 6.22. The van der Waals surface area contributed by atoms with Gasteiger partial charge in [0.25, 0.3) is 0 Å². The highest BCUT2D eigenvalue weighted by Crippen LogP contribution is 2.20. The lowest BCUT2D eigenvalue weighted by Gasteiger charge is -2.31. The molecule has 1 aromatic rings. The molecule has 2 heterocycles. The Bertz CT molecular complexity index is 475. The van der Waals surface area contributed by atoms with Gasteiger partial charge in [-0.2, -0.15) is 0 Å². The molecule has 0 aromatic carbocycles. The molecule has 18 heavy (non-hydrogen) atoms. The third-order valence-electron chi connectivity index (χ3n) is 3.26. The van der Waals surface area contributed by atoms with Gasteiger partial charge in [-0.15, -0.1) is 0 Å². The second-order valence-electron chi connectivity index (χ2n) is 4.68. The average molecular weight is 269 g/mol. The summed E-state index contributed by atoms with van der Waals surface area (Å²) in [5, 5.41) is 0. The fourth-order valence-electron chi connectivity index (χ4n) is 2.23. The smallest absolute Gasteiger partial charge is 0.219 e. The minimum atomic E-state index is -3.26. The number of aromatic nitrogens is 1. The summed E-state index contributed by atoms with van der Waals surface area (Å²) < 4.78 is 26.1. The van der Waals surface area contributed by atoms with Gasteiger partial charge in [0.15, 0.2) is 0 Å². The molecule has 0 bridgehead atoms. The van der Waals surface area contributed by atoms with Gasteiger partial charge in [0.05, 0.1) is 5.69 Å². The number of sulfonamides is 1. The Morgan fingerprint density at radius 1 is 1.44 bits per heavy atom. The average Bonchev–Trinajstić information content (AvgIpc) is 2.39. The van der Waals surface area contributed by atoms with E-state index in [4.69, 9.17) is 5.73 Å². The van der Waals surface area contributed by atoms with Crippen LogP contribution in [-0.4, -0.2) is 37.3 Å². The van der Waals surface area contributed by atoms with E-state index in [1.54, 1.807) is 28.7 Å². The first kappa shape index (κ1) is 13.5. The Kier molecular flexibility index (Phi) is 4.31. The van der Waals surface area contributed by atoms with Gasteiger partial charge in [0.1, 0.15) is 5.75 Å². The molecule has 2 rings (SSSR count). The molecule has 0 spiro atoms. The molecule has 1 saturated heterocycles. The number of nitrogens with zero attached hydrogens (tertiary/aromatic N) is 2. The molecule has 1 aromatic heterocycles. The summed E-state index contributed by atoms with van der Waals surface area (Å²) in [5.74, 6) is 0.266. The standard InChI is InChI=1S/C12H19N3O2S/c13-8-11-4-3-7-15(9-11)18(16,17)10-12-5-1-2-6-14-12/h1-2,5-6,11H,3-4,7-10,13H2/t11-/m0/s1. The highest BCUT2D eigenvalue weighted by molar-refractivity contribution is 7.88. The fraction of sp³-hybridized carbons (Fsp3) is 0.583. The van der Waals surface area contributed by atoms with Gasteiger partial charge in [-0.3, -0.25) is 4.98 Å². The molecule has 0 aliphatic carbocycles. The Morgan fingerprint density at radius 2 is 2.28 bits per heavy atom. The summed E-state index contributed by atoms with van der Waals surface area (Å²) in [6.45, 7) is 1.70. The predicted octanol–water partition coefficient (Wildman–Crippen LogP) is 0.582. The highest BCUT2D eigenvalue weighted by atomic mass is 32.2. The minimum Gasteiger partial charge on any atom is -0.330 e. The highest BCUT2D eigenvalue weighted by Gasteiger charge is 2.28. The maximum atomic E-state index is 12.3. The lowest BCUT2D eigenvalue weighted by Crippen LogP contribution is -2.42. The molecule has 100 valence electrons. The van der Waals surface area contributed by atoms with Gasteiger partial charge < -0.3 is 5.73 Å². The largest absolute Gasteiger partial charge is 0.330 e. The van der Waals surface area contributed by atoms with Gasteiger partial charge in [-0.1, -0.05) is 6.07 Å². The molecular formula is C12H19N3O2S. The first-order valence-electron chi connectivity index (χ1n) is 6.19. The van der Waals surface area contributed by atoms with Crippen molar-refractivity contribution in [3.8, 4) is 0 Å². The zero-order valence-electron chi connectivity index (χ0n) is 10.3. The maximum absolute atomic E-state index is 12.3. The van der Waals surface area contributed by atoms with Gasteiger partial charge >= 0.3 is 0 Å². The van der Waals surface area contributed by atoms with Crippen molar-refractivity contribution >= 4 is 10.0 Å². The number of pyridine rings is 1. The Hall–Kier alpha value is -0.980. The summed E-state index contributed by atoms with van der Waals surface area (Å²) >= 11 is 0.